The number of nitrogens with zero attached hydrogens (tertiary/aromatic N) is 5. The molecular weight excluding hydrogens is 254 g/mol. The van der Waals surface area contributed by atoms with Gasteiger partial charge in [-0.1, -0.05) is 12.1 Å². The van der Waals surface area contributed by atoms with E-state index < -0.39 is 0 Å². The highest BCUT2D eigenvalue weighted by atomic mass is 16.2. The molecule has 4 aromatic heterocycles. The highest BCUT2D eigenvalue weighted by Gasteiger charge is 2.08. The summed E-state index contributed by atoms with van der Waals surface area (Å²) < 4.78 is 4.88. The molecule has 0 radical (unpaired) electrons. The van der Waals surface area contributed by atoms with Crippen LogP contribution in [0.25, 0.3) is 11.3 Å². The van der Waals surface area contributed by atoms with Gasteiger partial charge in [-0.15, -0.1) is 5.10 Å². The van der Waals surface area contributed by atoms with Crippen LogP contribution in [0.4, 0.5) is 0 Å². The largest absolute Gasteiger partial charge is 0.350 e. The Bertz CT molecular complexity index is 929. The van der Waals surface area contributed by atoms with Crippen LogP contribution in [0.1, 0.15) is 5.69 Å². The van der Waals surface area contributed by atoms with Crippen LogP contribution in [0.2, 0.25) is 0 Å². The predicted molar refractivity (Wildman–Crippen MR) is 73.7 cm³/mol. The zero-order valence-electron chi connectivity index (χ0n) is 10.5. The van der Waals surface area contributed by atoms with E-state index in [-0.39, 0.29) is 5.69 Å². The third-order valence-electron chi connectivity index (χ3n) is 3.21. The third-order valence-corrected chi connectivity index (χ3v) is 3.21. The molecule has 20 heavy (non-hydrogen) atoms. The molecule has 0 spiro atoms. The Morgan fingerprint density at radius 3 is 2.60 bits per heavy atom. The molecule has 6 nitrogen and oxygen atoms in total. The molecule has 0 unspecified atom stereocenters. The summed E-state index contributed by atoms with van der Waals surface area (Å²) in [5.41, 5.74) is 2.15. The summed E-state index contributed by atoms with van der Waals surface area (Å²) in [5.74, 6) is 0. The molecule has 4 heterocycles. The normalized spacial score (nSPS) is 11.4. The van der Waals surface area contributed by atoms with Gasteiger partial charge < -0.3 is 4.40 Å². The first kappa shape index (κ1) is 11.0. The second-order valence-electron chi connectivity index (χ2n) is 4.57. The molecular formula is C14H11N5O. The lowest BCUT2D eigenvalue weighted by Gasteiger charge is -1.93. The maximum absolute atomic E-state index is 12.2. The highest BCUT2D eigenvalue weighted by molar-refractivity contribution is 5.39. The summed E-state index contributed by atoms with van der Waals surface area (Å²) in [4.78, 5) is 16.7. The quantitative estimate of drug-likeness (QED) is 0.547. The zero-order valence-corrected chi connectivity index (χ0v) is 10.5. The molecule has 98 valence electrons. The minimum Gasteiger partial charge on any atom is -0.307 e. The highest BCUT2D eigenvalue weighted by Crippen LogP contribution is 2.05. The van der Waals surface area contributed by atoms with E-state index in [1.807, 2.05) is 53.2 Å². The molecule has 0 aromatic carbocycles. The van der Waals surface area contributed by atoms with Crippen molar-refractivity contribution < 1.29 is 0 Å². The van der Waals surface area contributed by atoms with Gasteiger partial charge in [0, 0.05) is 18.6 Å². The van der Waals surface area contributed by atoms with Gasteiger partial charge in [0.2, 0.25) is 0 Å². The second kappa shape index (κ2) is 4.06. The Balaban J connectivity index is 1.80. The van der Waals surface area contributed by atoms with E-state index in [2.05, 4.69) is 10.1 Å². The maximum atomic E-state index is 12.2. The van der Waals surface area contributed by atoms with E-state index in [4.69, 9.17) is 0 Å². The maximum Gasteiger partial charge on any atom is 0.350 e. The van der Waals surface area contributed by atoms with Gasteiger partial charge in [0.25, 0.3) is 0 Å². The fourth-order valence-corrected chi connectivity index (χ4v) is 2.29. The van der Waals surface area contributed by atoms with E-state index >= 15 is 0 Å². The monoisotopic (exact) mass is 265 g/mol. The van der Waals surface area contributed by atoms with Crippen LogP contribution in [-0.2, 0) is 6.54 Å². The van der Waals surface area contributed by atoms with Crippen molar-refractivity contribution in [3.63, 3.8) is 0 Å². The minimum atomic E-state index is -0.155. The number of rotatable bonds is 2. The molecule has 4 aromatic rings. The predicted octanol–water partition coefficient (Wildman–Crippen LogP) is 1.19. The van der Waals surface area contributed by atoms with Crippen molar-refractivity contribution in [1.82, 2.24) is 23.6 Å². The van der Waals surface area contributed by atoms with Crippen LogP contribution < -0.4 is 5.69 Å². The fourth-order valence-electron chi connectivity index (χ4n) is 2.29. The molecule has 0 bridgehead atoms. The van der Waals surface area contributed by atoms with E-state index in [0.29, 0.717) is 12.2 Å². The molecule has 0 saturated carbocycles. The molecule has 0 fully saturated rings. The van der Waals surface area contributed by atoms with Gasteiger partial charge in [-0.2, -0.15) is 0 Å². The molecule has 0 atom stereocenters. The molecule has 0 aliphatic carbocycles. The van der Waals surface area contributed by atoms with Crippen LogP contribution in [0.5, 0.6) is 0 Å². The molecule has 4 rings (SSSR count). The number of hydrogen-bond donors (Lipinski definition) is 0. The van der Waals surface area contributed by atoms with Gasteiger partial charge in [-0.3, -0.25) is 4.40 Å². The Labute approximate surface area is 113 Å². The topological polar surface area (TPSA) is 56.6 Å². The Morgan fingerprint density at radius 1 is 1.00 bits per heavy atom. The summed E-state index contributed by atoms with van der Waals surface area (Å²) in [5, 5.41) is 4.30. The Morgan fingerprint density at radius 2 is 1.80 bits per heavy atom. The minimum absolute atomic E-state index is 0.155. The van der Waals surface area contributed by atoms with Crippen molar-refractivity contribution in [2.24, 2.45) is 0 Å². The van der Waals surface area contributed by atoms with Gasteiger partial charge in [0.1, 0.15) is 5.65 Å². The zero-order chi connectivity index (χ0) is 13.5. The van der Waals surface area contributed by atoms with Crippen molar-refractivity contribution in [2.45, 2.75) is 6.54 Å². The van der Waals surface area contributed by atoms with E-state index in [0.717, 1.165) is 11.3 Å². The lowest BCUT2D eigenvalue weighted by atomic mass is 10.5. The van der Waals surface area contributed by atoms with Crippen molar-refractivity contribution in [1.29, 1.82) is 0 Å². The second-order valence-corrected chi connectivity index (χ2v) is 4.57. The van der Waals surface area contributed by atoms with Crippen LogP contribution in [0.3, 0.4) is 0 Å². The number of imidazole rings is 1. The smallest absolute Gasteiger partial charge is 0.307 e. The van der Waals surface area contributed by atoms with E-state index in [1.165, 1.54) is 9.08 Å². The first-order valence-electron chi connectivity index (χ1n) is 6.28. The van der Waals surface area contributed by atoms with Crippen LogP contribution >= 0.6 is 0 Å². The number of fused-ring (bicyclic) bond motifs is 2. The molecule has 6 heteroatoms. The number of aromatic nitrogens is 5. The van der Waals surface area contributed by atoms with Crippen molar-refractivity contribution in [3.05, 3.63) is 71.2 Å². The first-order valence-corrected chi connectivity index (χ1v) is 6.28. The Kier molecular flexibility index (Phi) is 2.23. The van der Waals surface area contributed by atoms with Gasteiger partial charge in [0.05, 0.1) is 12.2 Å². The standard InChI is InChI=1S/C14H11N5O/c20-14-18-8-4-2-6-13(18)16-19(14)10-11-9-17-7-3-1-5-12(17)15-11/h1-9H,10H2. The summed E-state index contributed by atoms with van der Waals surface area (Å²) >= 11 is 0. The lowest BCUT2D eigenvalue weighted by Crippen LogP contribution is -2.21. The van der Waals surface area contributed by atoms with Crippen LogP contribution in [-0.4, -0.2) is 23.6 Å². The summed E-state index contributed by atoms with van der Waals surface area (Å²) in [6.45, 7) is 0.363. The third kappa shape index (κ3) is 1.62. The SMILES string of the molecule is O=c1n(Cc2cn3ccccc3n2)nc2ccccn12. The number of hydrogen-bond acceptors (Lipinski definition) is 3. The molecule has 0 aliphatic rings. The average Bonchev–Trinajstić information content (AvgIpc) is 3.01. The van der Waals surface area contributed by atoms with Gasteiger partial charge >= 0.3 is 5.69 Å². The fraction of sp³-hybridized carbons (Fsp3) is 0.0714. The lowest BCUT2D eigenvalue weighted by molar-refractivity contribution is 0.649. The molecule has 0 amide bonds. The van der Waals surface area contributed by atoms with Gasteiger partial charge in [-0.05, 0) is 24.3 Å². The van der Waals surface area contributed by atoms with E-state index in [9.17, 15) is 4.79 Å². The summed E-state index contributed by atoms with van der Waals surface area (Å²) in [6, 6.07) is 11.3. The molecule has 0 N–H and O–H groups in total. The van der Waals surface area contributed by atoms with Crippen LogP contribution in [0, 0.1) is 0 Å². The summed E-state index contributed by atoms with van der Waals surface area (Å²) in [6.07, 6.45) is 5.55. The van der Waals surface area contributed by atoms with Gasteiger partial charge in [-0.25, -0.2) is 14.5 Å². The van der Waals surface area contributed by atoms with E-state index in [1.54, 1.807) is 6.20 Å². The Hall–Kier alpha value is -2.89. The van der Waals surface area contributed by atoms with Crippen molar-refractivity contribution in [2.75, 3.05) is 0 Å². The van der Waals surface area contributed by atoms with Gasteiger partial charge in [0.15, 0.2) is 5.65 Å². The average molecular weight is 265 g/mol. The molecule has 0 aliphatic heterocycles. The van der Waals surface area contributed by atoms with Crippen LogP contribution in [0.15, 0.2) is 59.8 Å². The number of pyridine rings is 2. The van der Waals surface area contributed by atoms with Crippen molar-refractivity contribution in [3.8, 4) is 0 Å². The molecule has 0 saturated heterocycles. The first-order chi connectivity index (χ1) is 9.81. The summed E-state index contributed by atoms with van der Waals surface area (Å²) in [7, 11) is 0. The van der Waals surface area contributed by atoms with Crippen molar-refractivity contribution >= 4 is 11.3 Å².